The number of nitriles is 4. The van der Waals surface area contributed by atoms with Gasteiger partial charge in [-0.1, -0.05) is 72.8 Å². The third-order valence-electron chi connectivity index (χ3n) is 26.9. The van der Waals surface area contributed by atoms with E-state index in [-0.39, 0.29) is 96.1 Å². The topological polar surface area (TPSA) is 372 Å². The summed E-state index contributed by atoms with van der Waals surface area (Å²) in [5, 5.41) is 78.8. The molecule has 4 aliphatic carbocycles. The zero-order valence-electron chi connectivity index (χ0n) is 77.2. The molecule has 4 spiro atoms. The number of thiazole rings is 2. The molecule has 4 fully saturated rings. The predicted octanol–water partition coefficient (Wildman–Crippen LogP) is 17.0. The Bertz CT molecular complexity index is 5970. The van der Waals surface area contributed by atoms with Crippen molar-refractivity contribution < 1.29 is 58.6 Å². The van der Waals surface area contributed by atoms with Crippen molar-refractivity contribution in [2.24, 2.45) is 0 Å². The lowest BCUT2D eigenvalue weighted by Gasteiger charge is -2.25. The van der Waals surface area contributed by atoms with Gasteiger partial charge >= 0.3 is 0 Å². The molecule has 0 bridgehead atoms. The number of hydrogen-bond acceptors (Lipinski definition) is 26. The number of benzene rings is 8. The monoisotopic (exact) mass is 1890 g/mol. The second-order valence-electron chi connectivity index (χ2n) is 37.2. The van der Waals surface area contributed by atoms with Crippen LogP contribution in [0, 0.1) is 45.3 Å². The van der Waals surface area contributed by atoms with Gasteiger partial charge in [-0.25, -0.2) is 19.9 Å². The maximum atomic E-state index is 12.6. The highest BCUT2D eigenvalue weighted by molar-refractivity contribution is 7.18. The molecule has 20 rings (SSSR count). The Labute approximate surface area is 807 Å². The van der Waals surface area contributed by atoms with Gasteiger partial charge in [-0.05, 0) is 258 Å². The molecule has 4 aliphatic heterocycles. The normalized spacial score (nSPS) is 19.1. The van der Waals surface area contributed by atoms with Crippen LogP contribution < -0.4 is 18.9 Å². The van der Waals surface area contributed by atoms with E-state index in [1.54, 1.807) is 54.4 Å². The van der Waals surface area contributed by atoms with E-state index in [1.807, 2.05) is 153 Å². The number of aliphatic hydroxyl groups is 4. The largest absolute Gasteiger partial charge is 0.490 e. The molecule has 4 amide bonds. The van der Waals surface area contributed by atoms with Gasteiger partial charge in [0, 0.05) is 145 Å². The number of nitrogens with zero attached hydrogens (tertiary/aromatic N) is 14. The fourth-order valence-electron chi connectivity index (χ4n) is 21.0. The molecule has 26 nitrogen and oxygen atoms in total. The molecular formula is C106H106N14O12S4. The first-order valence-electron chi connectivity index (χ1n) is 46.2. The Hall–Kier alpha value is -13.0. The van der Waals surface area contributed by atoms with E-state index in [1.165, 1.54) is 78.7 Å². The van der Waals surface area contributed by atoms with Gasteiger partial charge in [0.25, 0.3) is 0 Å². The molecule has 0 unspecified atom stereocenters. The summed E-state index contributed by atoms with van der Waals surface area (Å²) in [4.78, 5) is 78.5. The fraction of sp³-hybridized carbons (Fsp3) is 0.377. The lowest BCUT2D eigenvalue weighted by molar-refractivity contribution is -0.128. The van der Waals surface area contributed by atoms with Crippen molar-refractivity contribution in [3.63, 3.8) is 0 Å². The van der Waals surface area contributed by atoms with Gasteiger partial charge in [0.1, 0.15) is 67.3 Å². The lowest BCUT2D eigenvalue weighted by Crippen LogP contribution is -2.32. The van der Waals surface area contributed by atoms with Crippen molar-refractivity contribution in [3.8, 4) is 133 Å². The van der Waals surface area contributed by atoms with Crippen LogP contribution in [0.5, 0.6) is 23.0 Å². The van der Waals surface area contributed by atoms with Gasteiger partial charge in [-0.15, -0.1) is 22.7 Å². The summed E-state index contributed by atoms with van der Waals surface area (Å²) >= 11 is 5.85. The van der Waals surface area contributed by atoms with Crippen molar-refractivity contribution in [2.75, 3.05) is 78.8 Å². The molecule has 136 heavy (non-hydrogen) atoms. The highest BCUT2D eigenvalue weighted by Gasteiger charge is 2.53. The van der Waals surface area contributed by atoms with E-state index >= 15 is 0 Å². The first kappa shape index (κ1) is 94.8. The van der Waals surface area contributed by atoms with Gasteiger partial charge in [0.15, 0.2) is 11.6 Å². The molecule has 4 atom stereocenters. The molecule has 8 aliphatic rings. The number of fused-ring (bicyclic) bond motifs is 8. The molecule has 0 saturated carbocycles. The number of rotatable bonds is 24. The SMILES string of the molecule is CC(C)Oc1ccc(-c2nc(-c3cccc4c3CC[C@@]43CC(=O)N(CCO)C3)ns2)cc1C#N.CC(C)Oc1ccc(-c2nc(-c3cccc4c3CC[C@]43CC(=O)N(CCO)C3)ns2)cc1C#N.CC(C)Oc1ccc(-c2ncc(-c3cccc4c3CC[C@@]43CC(=O)N(CCO)C3)s2)cc1C#N.CC(C)Oc1ccc(-c2ncc(-c3cccc4c3CC[C@]43CC(=O)N(CCO)C3)s2)cc1C#N. The fourth-order valence-corrected chi connectivity index (χ4v) is 24.3. The second-order valence-corrected chi connectivity index (χ2v) is 40.7. The van der Waals surface area contributed by atoms with Crippen LogP contribution in [-0.2, 0) is 66.5 Å². The second kappa shape index (κ2) is 40.1. The highest BCUT2D eigenvalue weighted by Crippen LogP contribution is 2.55. The third-order valence-corrected chi connectivity index (χ3v) is 30.6. The minimum Gasteiger partial charge on any atom is -0.490 e. The zero-order valence-corrected chi connectivity index (χ0v) is 80.5. The lowest BCUT2D eigenvalue weighted by atomic mass is 9.80. The summed E-state index contributed by atoms with van der Waals surface area (Å²) in [5.74, 6) is 4.14. The van der Waals surface area contributed by atoms with Crippen molar-refractivity contribution in [3.05, 3.63) is 225 Å². The summed E-state index contributed by atoms with van der Waals surface area (Å²) in [6.45, 7) is 19.7. The summed E-state index contributed by atoms with van der Waals surface area (Å²) in [7, 11) is 0. The van der Waals surface area contributed by atoms with Crippen LogP contribution in [0.4, 0.5) is 0 Å². The number of carbonyl (C=O) groups is 4. The van der Waals surface area contributed by atoms with Crippen LogP contribution in [0.3, 0.4) is 0 Å². The van der Waals surface area contributed by atoms with Crippen LogP contribution in [-0.4, -0.2) is 196 Å². The summed E-state index contributed by atoms with van der Waals surface area (Å²) in [6, 6.07) is 56.3. The summed E-state index contributed by atoms with van der Waals surface area (Å²) in [5.41, 5.74) is 19.0. The predicted molar refractivity (Wildman–Crippen MR) is 523 cm³/mol. The Kier molecular flexibility index (Phi) is 28.0. The van der Waals surface area contributed by atoms with Crippen molar-refractivity contribution in [1.82, 2.24) is 48.3 Å². The number of likely N-dealkylation sites (tertiary alicyclic amines) is 4. The van der Waals surface area contributed by atoms with Crippen LogP contribution in [0.1, 0.15) is 174 Å². The molecule has 0 radical (unpaired) electrons. The third kappa shape index (κ3) is 19.0. The maximum Gasteiger partial charge on any atom is 0.223 e. The molecule has 12 aromatic rings. The van der Waals surface area contributed by atoms with Crippen molar-refractivity contribution in [2.45, 2.75) is 179 Å². The minimum atomic E-state index is -0.190. The molecule has 4 aromatic heterocycles. The van der Waals surface area contributed by atoms with Gasteiger partial charge in [-0.2, -0.15) is 29.8 Å². The number of hydrogen-bond donors (Lipinski definition) is 4. The maximum absolute atomic E-state index is 12.6. The van der Waals surface area contributed by atoms with Crippen LogP contribution in [0.2, 0.25) is 0 Å². The zero-order chi connectivity index (χ0) is 95.5. The van der Waals surface area contributed by atoms with Gasteiger partial charge in [0.05, 0.1) is 82.9 Å². The number of ether oxygens (including phenoxy) is 4. The smallest absolute Gasteiger partial charge is 0.223 e. The Balaban J connectivity index is 0.000000126. The number of carbonyl (C=O) groups excluding carboxylic acids is 4. The van der Waals surface area contributed by atoms with Gasteiger partial charge in [0.2, 0.25) is 23.6 Å². The van der Waals surface area contributed by atoms with E-state index < -0.39 is 0 Å². The number of amides is 4. The molecule has 30 heteroatoms. The summed E-state index contributed by atoms with van der Waals surface area (Å²) in [6.07, 6.45) is 13.1. The highest BCUT2D eigenvalue weighted by atomic mass is 32.1. The first-order chi connectivity index (χ1) is 65.7. The average molecular weight is 1900 g/mol. The van der Waals surface area contributed by atoms with Crippen molar-refractivity contribution >= 4 is 69.4 Å². The minimum absolute atomic E-state index is 0.00114. The average Bonchev–Trinajstić information content (AvgIpc) is 1.59. The van der Waals surface area contributed by atoms with Gasteiger partial charge in [-0.3, -0.25) is 19.2 Å². The van der Waals surface area contributed by atoms with Crippen LogP contribution in [0.15, 0.2) is 158 Å². The van der Waals surface area contributed by atoms with Gasteiger partial charge < -0.3 is 59.0 Å². The molecule has 8 heterocycles. The van der Waals surface area contributed by atoms with E-state index in [4.69, 9.17) is 28.9 Å². The summed E-state index contributed by atoms with van der Waals surface area (Å²) < 4.78 is 32.3. The number of aromatic nitrogens is 6. The Morgan fingerprint density at radius 2 is 0.618 bits per heavy atom. The van der Waals surface area contributed by atoms with E-state index in [2.05, 4.69) is 91.5 Å². The first-order valence-corrected chi connectivity index (χ1v) is 49.4. The Morgan fingerprint density at radius 1 is 0.360 bits per heavy atom. The molecule has 4 N–H and O–H groups in total. The molecule has 4 saturated heterocycles. The van der Waals surface area contributed by atoms with Crippen molar-refractivity contribution in [1.29, 1.82) is 21.0 Å². The quantitative estimate of drug-likeness (QED) is 0.0436. The van der Waals surface area contributed by atoms with E-state index in [0.717, 1.165) is 115 Å². The van der Waals surface area contributed by atoms with E-state index in [0.29, 0.717) is 135 Å². The number of aliphatic hydroxyl groups excluding tert-OH is 4. The molecular weight excluding hydrogens is 1790 g/mol. The molecule has 8 aromatic carbocycles. The molecule has 696 valence electrons. The number of β-amino-alcohol motifs (C(OH)–C–C–N with tert-alkyl or cyclic N) is 4. The Morgan fingerprint density at radius 3 is 0.875 bits per heavy atom. The standard InChI is InChI=1S/2C27H27N3O3S.2C26H26N4O3S/c2*1-17(2)33-23-7-6-18(12-19(23)14-28)26-29-15-24(34-26)21-4-3-5-22-20(21)8-9-27(22)13-25(32)30(16-27)10-11-31;2*1-16(2)33-22-7-6-17(12-18(22)14-27)25-28-24(29-34-25)20-4-3-5-21-19(20)8-9-26(21)13-23(32)30(15-26)10-11-31/h2*3-7,12,15,17,31H,8-11,13,16H2,1-2H3;2*3-7,12,16,31H,8-11,13,15H2,1-2H3/t2*27-;2*26-/m1010/s1. The van der Waals surface area contributed by atoms with Crippen LogP contribution in [0.25, 0.3) is 85.9 Å². The van der Waals surface area contributed by atoms with E-state index in [9.17, 15) is 60.7 Å². The van der Waals surface area contributed by atoms with Crippen LogP contribution >= 0.6 is 45.7 Å².